The molecule has 158 valence electrons. The lowest BCUT2D eigenvalue weighted by molar-refractivity contribution is -0.384. The summed E-state index contributed by atoms with van der Waals surface area (Å²) in [7, 11) is 0. The number of non-ortho nitro benzene ring substituents is 1. The second-order valence-electron chi connectivity index (χ2n) is 6.23. The monoisotopic (exact) mass is 565 g/mol. The lowest BCUT2D eigenvalue weighted by atomic mass is 10.2. The maximum Gasteiger partial charge on any atom is 0.271 e. The number of carbonyl (C=O) groups is 1. The molecule has 0 bridgehead atoms. The van der Waals surface area contributed by atoms with E-state index >= 15 is 0 Å². The molecule has 1 N–H and O–H groups in total. The van der Waals surface area contributed by atoms with Crippen LogP contribution in [0.2, 0.25) is 5.02 Å². The van der Waals surface area contributed by atoms with Gasteiger partial charge in [-0.1, -0.05) is 23.7 Å². The van der Waals surface area contributed by atoms with Crippen molar-refractivity contribution in [1.29, 1.82) is 0 Å². The van der Waals surface area contributed by atoms with Gasteiger partial charge in [0.05, 0.1) is 20.1 Å². The number of nitrogens with one attached hydrogen (secondary N) is 1. The fourth-order valence-electron chi connectivity index (χ4n) is 2.49. The summed E-state index contributed by atoms with van der Waals surface area (Å²) >= 11 is 12.8. The molecule has 3 rings (SSSR count). The Kier molecular flexibility index (Phi) is 7.78. The zero-order valence-corrected chi connectivity index (χ0v) is 19.6. The van der Waals surface area contributed by atoms with Crippen molar-refractivity contribution in [3.8, 4) is 5.75 Å². The Labute approximate surface area is 199 Å². The van der Waals surface area contributed by atoms with Crippen LogP contribution in [0.3, 0.4) is 0 Å². The zero-order valence-electron chi connectivity index (χ0n) is 15.7. The number of halogens is 3. The van der Waals surface area contributed by atoms with Gasteiger partial charge in [-0.25, -0.2) is 5.43 Å². The molecule has 0 aromatic heterocycles. The summed E-state index contributed by atoms with van der Waals surface area (Å²) in [6, 6.07) is 16.2. The van der Waals surface area contributed by atoms with Gasteiger partial charge in [-0.05, 0) is 79.4 Å². The van der Waals surface area contributed by atoms with Gasteiger partial charge < -0.3 is 4.74 Å². The molecule has 0 saturated heterocycles. The van der Waals surface area contributed by atoms with Gasteiger partial charge in [0.25, 0.3) is 11.6 Å². The lowest BCUT2D eigenvalue weighted by Gasteiger charge is -2.11. The van der Waals surface area contributed by atoms with Crippen molar-refractivity contribution in [2.24, 2.45) is 5.10 Å². The number of hydrogen-bond acceptors (Lipinski definition) is 5. The van der Waals surface area contributed by atoms with Crippen molar-refractivity contribution in [3.05, 3.63) is 101 Å². The highest BCUT2D eigenvalue weighted by Gasteiger charge is 2.10. The number of nitro benzene ring substituents is 1. The maximum atomic E-state index is 12.1. The molecule has 0 radical (unpaired) electrons. The Balaban J connectivity index is 1.62. The summed E-state index contributed by atoms with van der Waals surface area (Å²) in [4.78, 5) is 22.2. The van der Waals surface area contributed by atoms with E-state index in [0.717, 1.165) is 5.56 Å². The normalized spacial score (nSPS) is 10.8. The van der Waals surface area contributed by atoms with Crippen molar-refractivity contribution in [3.63, 3.8) is 0 Å². The molecule has 0 aliphatic carbocycles. The largest absolute Gasteiger partial charge is 0.487 e. The first kappa shape index (κ1) is 22.9. The summed E-state index contributed by atoms with van der Waals surface area (Å²) in [5, 5.41) is 15.3. The van der Waals surface area contributed by atoms with Crippen LogP contribution >= 0.6 is 43.5 Å². The van der Waals surface area contributed by atoms with Crippen molar-refractivity contribution >= 4 is 61.3 Å². The van der Waals surface area contributed by atoms with Gasteiger partial charge in [0.2, 0.25) is 0 Å². The van der Waals surface area contributed by atoms with Gasteiger partial charge in [-0.15, -0.1) is 0 Å². The molecule has 0 atom stereocenters. The average molecular weight is 568 g/mol. The highest BCUT2D eigenvalue weighted by Crippen LogP contribution is 2.35. The maximum absolute atomic E-state index is 12.1. The molecule has 31 heavy (non-hydrogen) atoms. The first-order chi connectivity index (χ1) is 14.8. The van der Waals surface area contributed by atoms with E-state index in [1.54, 1.807) is 24.3 Å². The van der Waals surface area contributed by atoms with Crippen LogP contribution in [-0.4, -0.2) is 17.0 Å². The standard InChI is InChI=1S/C21H14Br2ClN3O4/c22-18-9-14(10-19(23)20(18)31-12-13-1-5-16(24)6-2-13)11-25-26-21(28)15-3-7-17(8-4-15)27(29)30/h1-11H,12H2,(H,26,28). The number of nitro groups is 1. The molecule has 1 amide bonds. The van der Waals surface area contributed by atoms with Crippen LogP contribution in [0, 0.1) is 10.1 Å². The highest BCUT2D eigenvalue weighted by atomic mass is 79.9. The van der Waals surface area contributed by atoms with Crippen LogP contribution in [0.1, 0.15) is 21.5 Å². The molecule has 10 heteroatoms. The third-order valence-electron chi connectivity index (χ3n) is 4.04. The molecular weight excluding hydrogens is 554 g/mol. The van der Waals surface area contributed by atoms with Crippen molar-refractivity contribution < 1.29 is 14.5 Å². The van der Waals surface area contributed by atoms with Crippen LogP contribution in [0.25, 0.3) is 0 Å². The minimum atomic E-state index is -0.529. The average Bonchev–Trinajstić information content (AvgIpc) is 2.74. The first-order valence-corrected chi connectivity index (χ1v) is 10.7. The van der Waals surface area contributed by atoms with Gasteiger partial charge in [-0.3, -0.25) is 14.9 Å². The summed E-state index contributed by atoms with van der Waals surface area (Å²) < 4.78 is 7.29. The molecular formula is C21H14Br2ClN3O4. The quantitative estimate of drug-likeness (QED) is 0.212. The number of nitrogens with zero attached hydrogens (tertiary/aromatic N) is 2. The molecule has 0 aliphatic heterocycles. The molecule has 3 aromatic rings. The summed E-state index contributed by atoms with van der Waals surface area (Å²) in [6.07, 6.45) is 1.47. The third kappa shape index (κ3) is 6.36. The topological polar surface area (TPSA) is 93.8 Å². The Morgan fingerprint density at radius 1 is 1.10 bits per heavy atom. The predicted molar refractivity (Wildman–Crippen MR) is 126 cm³/mol. The van der Waals surface area contributed by atoms with Crippen molar-refractivity contribution in [1.82, 2.24) is 5.43 Å². The van der Waals surface area contributed by atoms with E-state index in [1.807, 2.05) is 12.1 Å². The van der Waals surface area contributed by atoms with E-state index in [9.17, 15) is 14.9 Å². The van der Waals surface area contributed by atoms with Crippen LogP contribution in [0.4, 0.5) is 5.69 Å². The van der Waals surface area contributed by atoms with Gasteiger partial charge in [0.1, 0.15) is 12.4 Å². The van der Waals surface area contributed by atoms with Crippen LogP contribution in [-0.2, 0) is 6.61 Å². The first-order valence-electron chi connectivity index (χ1n) is 8.77. The summed E-state index contributed by atoms with van der Waals surface area (Å²) in [5.74, 6) is 0.147. The predicted octanol–water partition coefficient (Wildman–Crippen LogP) is 6.12. The van der Waals surface area contributed by atoms with E-state index < -0.39 is 10.8 Å². The SMILES string of the molecule is O=C(NN=Cc1cc(Br)c(OCc2ccc(Cl)cc2)c(Br)c1)c1ccc([N+](=O)[O-])cc1. The molecule has 0 saturated carbocycles. The Bertz CT molecular complexity index is 1110. The Hall–Kier alpha value is -2.75. The van der Waals surface area contributed by atoms with Gasteiger partial charge in [0, 0.05) is 22.7 Å². The minimum Gasteiger partial charge on any atom is -0.487 e. The molecule has 0 fully saturated rings. The van der Waals surface area contributed by atoms with Crippen molar-refractivity contribution in [2.45, 2.75) is 6.61 Å². The Morgan fingerprint density at radius 2 is 1.71 bits per heavy atom. The van der Waals surface area contributed by atoms with Gasteiger partial charge >= 0.3 is 0 Å². The molecule has 0 spiro atoms. The van der Waals surface area contributed by atoms with Crippen molar-refractivity contribution in [2.75, 3.05) is 0 Å². The second kappa shape index (κ2) is 10.5. The summed E-state index contributed by atoms with van der Waals surface area (Å²) in [5.41, 5.74) is 4.24. The smallest absolute Gasteiger partial charge is 0.271 e. The molecule has 3 aromatic carbocycles. The van der Waals surface area contributed by atoms with Crippen LogP contribution in [0.15, 0.2) is 74.7 Å². The van der Waals surface area contributed by atoms with E-state index in [0.29, 0.717) is 31.9 Å². The number of hydrogen-bond donors (Lipinski definition) is 1. The fraction of sp³-hybridized carbons (Fsp3) is 0.0476. The van der Waals surface area contributed by atoms with E-state index in [2.05, 4.69) is 42.4 Å². The van der Waals surface area contributed by atoms with E-state index in [4.69, 9.17) is 16.3 Å². The van der Waals surface area contributed by atoms with E-state index in [-0.39, 0.29) is 11.3 Å². The van der Waals surface area contributed by atoms with E-state index in [1.165, 1.54) is 30.5 Å². The Morgan fingerprint density at radius 3 is 2.29 bits per heavy atom. The minimum absolute atomic E-state index is 0.0897. The highest BCUT2D eigenvalue weighted by molar-refractivity contribution is 9.11. The van der Waals surface area contributed by atoms with Crippen LogP contribution in [0.5, 0.6) is 5.75 Å². The molecule has 7 nitrogen and oxygen atoms in total. The second-order valence-corrected chi connectivity index (χ2v) is 8.38. The number of carbonyl (C=O) groups excluding carboxylic acids is 1. The number of benzene rings is 3. The molecule has 0 unspecified atom stereocenters. The third-order valence-corrected chi connectivity index (χ3v) is 5.47. The summed E-state index contributed by atoms with van der Waals surface area (Å²) in [6.45, 7) is 0.368. The lowest BCUT2D eigenvalue weighted by Crippen LogP contribution is -2.17. The zero-order chi connectivity index (χ0) is 22.4. The van der Waals surface area contributed by atoms with Gasteiger partial charge in [0.15, 0.2) is 0 Å². The number of amides is 1. The number of hydrazone groups is 1. The van der Waals surface area contributed by atoms with Gasteiger partial charge in [-0.2, -0.15) is 5.10 Å². The molecule has 0 heterocycles. The molecule has 0 aliphatic rings. The number of rotatable bonds is 7. The fourth-order valence-corrected chi connectivity index (χ4v) is 4.07. The van der Waals surface area contributed by atoms with Crippen LogP contribution < -0.4 is 10.2 Å². The number of ether oxygens (including phenoxy) is 1.